The highest BCUT2D eigenvalue weighted by Gasteiger charge is 2.35. The number of hydrogen-bond acceptors (Lipinski definition) is 3. The second kappa shape index (κ2) is 7.07. The predicted octanol–water partition coefficient (Wildman–Crippen LogP) is 3.60. The number of nitrogens with one attached hydrogen (secondary N) is 1. The van der Waals surface area contributed by atoms with Crippen molar-refractivity contribution in [2.24, 2.45) is 5.41 Å². The van der Waals surface area contributed by atoms with E-state index < -0.39 is 0 Å². The molecule has 0 unspecified atom stereocenters. The summed E-state index contributed by atoms with van der Waals surface area (Å²) in [6.45, 7) is 11.2. The molecule has 112 valence electrons. The summed E-state index contributed by atoms with van der Waals surface area (Å²) in [7, 11) is 0. The first-order valence-corrected chi connectivity index (χ1v) is 8.14. The smallest absolute Gasteiger partial charge is 0.133 e. The SMILES string of the molecule is CCCNCc1cccnc1N1CCC(CC)(CC)C1. The zero-order valence-electron chi connectivity index (χ0n) is 13.3. The largest absolute Gasteiger partial charge is 0.356 e. The molecule has 1 saturated heterocycles. The zero-order valence-corrected chi connectivity index (χ0v) is 13.3. The molecule has 0 saturated carbocycles. The Morgan fingerprint density at radius 2 is 2.10 bits per heavy atom. The third kappa shape index (κ3) is 3.32. The second-order valence-corrected chi connectivity index (χ2v) is 6.04. The van der Waals surface area contributed by atoms with Crippen molar-refractivity contribution in [1.82, 2.24) is 10.3 Å². The van der Waals surface area contributed by atoms with Crippen molar-refractivity contribution >= 4 is 5.82 Å². The molecule has 1 aliphatic heterocycles. The van der Waals surface area contributed by atoms with Crippen molar-refractivity contribution in [2.75, 3.05) is 24.5 Å². The molecule has 0 aliphatic carbocycles. The minimum Gasteiger partial charge on any atom is -0.356 e. The molecular weight excluding hydrogens is 246 g/mol. The molecule has 1 aliphatic rings. The molecule has 0 spiro atoms. The van der Waals surface area contributed by atoms with Crippen molar-refractivity contribution < 1.29 is 0 Å². The molecule has 0 amide bonds. The van der Waals surface area contributed by atoms with Crippen molar-refractivity contribution in [3.05, 3.63) is 23.9 Å². The molecule has 0 aromatic carbocycles. The van der Waals surface area contributed by atoms with E-state index in [9.17, 15) is 0 Å². The first-order valence-electron chi connectivity index (χ1n) is 8.14. The zero-order chi connectivity index (χ0) is 14.4. The summed E-state index contributed by atoms with van der Waals surface area (Å²) in [5, 5.41) is 3.50. The highest BCUT2D eigenvalue weighted by atomic mass is 15.2. The van der Waals surface area contributed by atoms with E-state index in [0.717, 1.165) is 26.2 Å². The maximum Gasteiger partial charge on any atom is 0.133 e. The minimum absolute atomic E-state index is 0.506. The van der Waals surface area contributed by atoms with Gasteiger partial charge < -0.3 is 10.2 Å². The summed E-state index contributed by atoms with van der Waals surface area (Å²) >= 11 is 0. The third-order valence-electron chi connectivity index (χ3n) is 4.85. The Hall–Kier alpha value is -1.09. The van der Waals surface area contributed by atoms with Gasteiger partial charge in [0.25, 0.3) is 0 Å². The van der Waals surface area contributed by atoms with E-state index in [1.807, 2.05) is 6.20 Å². The molecule has 1 aromatic heterocycles. The van der Waals surface area contributed by atoms with E-state index in [-0.39, 0.29) is 0 Å². The van der Waals surface area contributed by atoms with E-state index >= 15 is 0 Å². The molecule has 20 heavy (non-hydrogen) atoms. The van der Waals surface area contributed by atoms with Crippen LogP contribution in [0.4, 0.5) is 5.82 Å². The summed E-state index contributed by atoms with van der Waals surface area (Å²) in [5.41, 5.74) is 1.84. The maximum atomic E-state index is 4.66. The van der Waals surface area contributed by atoms with Crippen LogP contribution >= 0.6 is 0 Å². The van der Waals surface area contributed by atoms with Gasteiger partial charge in [-0.25, -0.2) is 4.98 Å². The predicted molar refractivity (Wildman–Crippen MR) is 86.1 cm³/mol. The fraction of sp³-hybridized carbons (Fsp3) is 0.706. The molecule has 0 atom stereocenters. The van der Waals surface area contributed by atoms with Gasteiger partial charge in [0.05, 0.1) is 0 Å². The summed E-state index contributed by atoms with van der Waals surface area (Å²) in [6.07, 6.45) is 6.95. The molecule has 3 nitrogen and oxygen atoms in total. The lowest BCUT2D eigenvalue weighted by Crippen LogP contribution is -2.28. The molecule has 1 N–H and O–H groups in total. The lowest BCUT2D eigenvalue weighted by Gasteiger charge is -2.27. The van der Waals surface area contributed by atoms with Gasteiger partial charge in [-0.15, -0.1) is 0 Å². The van der Waals surface area contributed by atoms with Gasteiger partial charge in [-0.05, 0) is 43.7 Å². The van der Waals surface area contributed by atoms with E-state index in [2.05, 4.69) is 48.1 Å². The van der Waals surface area contributed by atoms with Gasteiger partial charge in [-0.1, -0.05) is 26.8 Å². The monoisotopic (exact) mass is 275 g/mol. The number of nitrogens with zero attached hydrogens (tertiary/aromatic N) is 2. The van der Waals surface area contributed by atoms with Gasteiger partial charge >= 0.3 is 0 Å². The normalized spacial score (nSPS) is 17.6. The molecule has 2 heterocycles. The lowest BCUT2D eigenvalue weighted by molar-refractivity contribution is 0.301. The average molecular weight is 275 g/mol. The molecule has 1 aromatic rings. The summed E-state index contributed by atoms with van der Waals surface area (Å²) in [4.78, 5) is 7.16. The van der Waals surface area contributed by atoms with Crippen LogP contribution in [0.2, 0.25) is 0 Å². The van der Waals surface area contributed by atoms with E-state index in [1.165, 1.54) is 37.1 Å². The molecular formula is C17H29N3. The summed E-state index contributed by atoms with van der Waals surface area (Å²) in [6, 6.07) is 4.26. The van der Waals surface area contributed by atoms with Crippen LogP contribution in [-0.2, 0) is 6.54 Å². The van der Waals surface area contributed by atoms with Crippen LogP contribution < -0.4 is 10.2 Å². The molecule has 3 heteroatoms. The van der Waals surface area contributed by atoms with Crippen LogP contribution in [0.1, 0.15) is 52.0 Å². The Morgan fingerprint density at radius 3 is 2.75 bits per heavy atom. The van der Waals surface area contributed by atoms with Crippen LogP contribution in [0.15, 0.2) is 18.3 Å². The Balaban J connectivity index is 2.09. The van der Waals surface area contributed by atoms with Gasteiger partial charge in [0.1, 0.15) is 5.82 Å². The fourth-order valence-corrected chi connectivity index (χ4v) is 3.20. The number of aromatic nitrogens is 1. The summed E-state index contributed by atoms with van der Waals surface area (Å²) in [5.74, 6) is 1.19. The van der Waals surface area contributed by atoms with Gasteiger partial charge in [-0.3, -0.25) is 0 Å². The average Bonchev–Trinajstić information content (AvgIpc) is 2.93. The van der Waals surface area contributed by atoms with Crippen molar-refractivity contribution in [1.29, 1.82) is 0 Å². The standard InChI is InChI=1S/C17H29N3/c1-4-10-18-13-15-8-7-11-19-16(15)20-12-9-17(5-2,6-3)14-20/h7-8,11,18H,4-6,9-10,12-14H2,1-3H3. The molecule has 1 fully saturated rings. The van der Waals surface area contributed by atoms with Crippen LogP contribution in [0.5, 0.6) is 0 Å². The minimum atomic E-state index is 0.506. The molecule has 0 bridgehead atoms. The highest BCUT2D eigenvalue weighted by Crippen LogP contribution is 2.39. The van der Waals surface area contributed by atoms with Gasteiger partial charge in [-0.2, -0.15) is 0 Å². The number of anilines is 1. The van der Waals surface area contributed by atoms with Gasteiger partial charge in [0.15, 0.2) is 0 Å². The highest BCUT2D eigenvalue weighted by molar-refractivity contribution is 5.48. The Morgan fingerprint density at radius 1 is 1.30 bits per heavy atom. The fourth-order valence-electron chi connectivity index (χ4n) is 3.20. The van der Waals surface area contributed by atoms with E-state index in [4.69, 9.17) is 0 Å². The topological polar surface area (TPSA) is 28.2 Å². The van der Waals surface area contributed by atoms with Crippen LogP contribution in [0.3, 0.4) is 0 Å². The molecule has 0 radical (unpaired) electrons. The first-order chi connectivity index (χ1) is 9.74. The van der Waals surface area contributed by atoms with E-state index in [0.29, 0.717) is 5.41 Å². The van der Waals surface area contributed by atoms with Gasteiger partial charge in [0, 0.05) is 31.4 Å². The quantitative estimate of drug-likeness (QED) is 0.771. The van der Waals surface area contributed by atoms with Crippen LogP contribution in [-0.4, -0.2) is 24.6 Å². The van der Waals surface area contributed by atoms with Crippen molar-refractivity contribution in [2.45, 2.75) is 53.0 Å². The van der Waals surface area contributed by atoms with Crippen molar-refractivity contribution in [3.63, 3.8) is 0 Å². The number of rotatable bonds is 7. The van der Waals surface area contributed by atoms with E-state index in [1.54, 1.807) is 0 Å². The molecule has 2 rings (SSSR count). The van der Waals surface area contributed by atoms with Crippen LogP contribution in [0, 0.1) is 5.41 Å². The third-order valence-corrected chi connectivity index (χ3v) is 4.85. The van der Waals surface area contributed by atoms with Crippen molar-refractivity contribution in [3.8, 4) is 0 Å². The Kier molecular flexibility index (Phi) is 5.41. The van der Waals surface area contributed by atoms with Crippen LogP contribution in [0.25, 0.3) is 0 Å². The number of pyridine rings is 1. The first kappa shape index (κ1) is 15.3. The Labute approximate surface area is 123 Å². The second-order valence-electron chi connectivity index (χ2n) is 6.04. The Bertz CT molecular complexity index is 412. The summed E-state index contributed by atoms with van der Waals surface area (Å²) < 4.78 is 0. The maximum absolute atomic E-state index is 4.66. The lowest BCUT2D eigenvalue weighted by atomic mass is 9.82. The number of hydrogen-bond donors (Lipinski definition) is 1. The van der Waals surface area contributed by atoms with Gasteiger partial charge in [0.2, 0.25) is 0 Å².